The Bertz CT molecular complexity index is 272. The van der Waals surface area contributed by atoms with Crippen molar-refractivity contribution in [2.24, 2.45) is 17.3 Å². The summed E-state index contributed by atoms with van der Waals surface area (Å²) in [5.41, 5.74) is 0.216. The van der Waals surface area contributed by atoms with Crippen LogP contribution in [0.2, 0.25) is 0 Å². The van der Waals surface area contributed by atoms with Crippen molar-refractivity contribution in [3.8, 4) is 0 Å². The standard InChI is InChI=1S/C11H20N2O2/c1-11(2,3)9-8-6-13(10(14)15)5-7(8)4-12-9/h7-9,12H,4-6H2,1-3H3,(H,14,15)/t7-,8-,9?/m0/s1. The van der Waals surface area contributed by atoms with E-state index in [1.54, 1.807) is 4.90 Å². The van der Waals surface area contributed by atoms with Crippen molar-refractivity contribution < 1.29 is 9.90 Å². The molecule has 0 aromatic heterocycles. The van der Waals surface area contributed by atoms with Crippen LogP contribution in [0.15, 0.2) is 0 Å². The molecule has 86 valence electrons. The van der Waals surface area contributed by atoms with Crippen LogP contribution in [-0.4, -0.2) is 41.8 Å². The van der Waals surface area contributed by atoms with E-state index in [0.717, 1.165) is 6.54 Å². The first kappa shape index (κ1) is 10.7. The predicted molar refractivity (Wildman–Crippen MR) is 57.8 cm³/mol. The molecule has 2 heterocycles. The minimum absolute atomic E-state index is 0.216. The number of rotatable bonds is 0. The van der Waals surface area contributed by atoms with Crippen LogP contribution >= 0.6 is 0 Å². The van der Waals surface area contributed by atoms with Crippen LogP contribution in [0.1, 0.15) is 20.8 Å². The van der Waals surface area contributed by atoms with Crippen molar-refractivity contribution in [3.05, 3.63) is 0 Å². The van der Waals surface area contributed by atoms with Gasteiger partial charge in [-0.3, -0.25) is 0 Å². The molecule has 4 heteroatoms. The zero-order chi connectivity index (χ0) is 11.2. The number of carbonyl (C=O) groups is 1. The number of likely N-dealkylation sites (tertiary alicyclic amines) is 1. The van der Waals surface area contributed by atoms with Gasteiger partial charge < -0.3 is 15.3 Å². The first-order chi connectivity index (χ1) is 6.89. The van der Waals surface area contributed by atoms with Gasteiger partial charge in [0.2, 0.25) is 0 Å². The van der Waals surface area contributed by atoms with Crippen molar-refractivity contribution in [3.63, 3.8) is 0 Å². The molecule has 0 aromatic carbocycles. The summed E-state index contributed by atoms with van der Waals surface area (Å²) in [5, 5.41) is 12.5. The Morgan fingerprint density at radius 1 is 1.40 bits per heavy atom. The topological polar surface area (TPSA) is 52.6 Å². The molecule has 0 bridgehead atoms. The summed E-state index contributed by atoms with van der Waals surface area (Å²) in [6.07, 6.45) is -0.767. The van der Waals surface area contributed by atoms with Crippen molar-refractivity contribution in [2.45, 2.75) is 26.8 Å². The van der Waals surface area contributed by atoms with E-state index in [1.165, 1.54) is 0 Å². The van der Waals surface area contributed by atoms with Crippen LogP contribution in [0.3, 0.4) is 0 Å². The predicted octanol–water partition coefficient (Wildman–Crippen LogP) is 1.23. The first-order valence-electron chi connectivity index (χ1n) is 5.61. The van der Waals surface area contributed by atoms with Gasteiger partial charge in [0.05, 0.1) is 0 Å². The van der Waals surface area contributed by atoms with Gasteiger partial charge in [0.1, 0.15) is 0 Å². The minimum Gasteiger partial charge on any atom is -0.465 e. The Hall–Kier alpha value is -0.770. The highest BCUT2D eigenvalue weighted by atomic mass is 16.4. The fraction of sp³-hybridized carbons (Fsp3) is 0.909. The Balaban J connectivity index is 2.08. The van der Waals surface area contributed by atoms with E-state index in [0.29, 0.717) is 31.0 Å². The third-order valence-corrected chi connectivity index (χ3v) is 3.72. The first-order valence-corrected chi connectivity index (χ1v) is 5.61. The monoisotopic (exact) mass is 212 g/mol. The number of nitrogens with one attached hydrogen (secondary N) is 1. The van der Waals surface area contributed by atoms with Gasteiger partial charge in [0, 0.05) is 25.7 Å². The van der Waals surface area contributed by atoms with Crippen molar-refractivity contribution in [2.75, 3.05) is 19.6 Å². The Morgan fingerprint density at radius 3 is 2.60 bits per heavy atom. The minimum atomic E-state index is -0.767. The lowest BCUT2D eigenvalue weighted by atomic mass is 9.78. The average Bonchev–Trinajstić information content (AvgIpc) is 2.56. The summed E-state index contributed by atoms with van der Waals surface area (Å²) in [7, 11) is 0. The maximum Gasteiger partial charge on any atom is 0.407 e. The van der Waals surface area contributed by atoms with E-state index >= 15 is 0 Å². The summed E-state index contributed by atoms with van der Waals surface area (Å²) in [6, 6.07) is 0.451. The average molecular weight is 212 g/mol. The summed E-state index contributed by atoms with van der Waals surface area (Å²) >= 11 is 0. The SMILES string of the molecule is CC(C)(C)C1NC[C@H]2CN(C(=O)O)C[C@H]12. The molecule has 0 radical (unpaired) electrons. The van der Waals surface area contributed by atoms with E-state index in [1.807, 2.05) is 0 Å². The molecule has 0 spiro atoms. The number of hydrogen-bond donors (Lipinski definition) is 2. The molecule has 1 unspecified atom stereocenters. The molecule has 0 aromatic rings. The third-order valence-electron chi connectivity index (χ3n) is 3.72. The van der Waals surface area contributed by atoms with Gasteiger partial charge >= 0.3 is 6.09 Å². The molecule has 1 amide bonds. The molecule has 2 aliphatic heterocycles. The number of amides is 1. The van der Waals surface area contributed by atoms with E-state index in [-0.39, 0.29) is 5.41 Å². The molecule has 2 saturated heterocycles. The Labute approximate surface area is 90.6 Å². The van der Waals surface area contributed by atoms with Crippen LogP contribution in [0.25, 0.3) is 0 Å². The van der Waals surface area contributed by atoms with Gasteiger partial charge in [-0.25, -0.2) is 4.79 Å². The Kier molecular flexibility index (Phi) is 2.41. The van der Waals surface area contributed by atoms with Crippen molar-refractivity contribution in [1.82, 2.24) is 10.2 Å². The second-order valence-corrected chi connectivity index (χ2v) is 5.86. The normalized spacial score (nSPS) is 35.7. The van der Waals surface area contributed by atoms with Crippen molar-refractivity contribution >= 4 is 6.09 Å². The Morgan fingerprint density at radius 2 is 2.07 bits per heavy atom. The quantitative estimate of drug-likeness (QED) is 0.635. The van der Waals surface area contributed by atoms with Crippen LogP contribution < -0.4 is 5.32 Å². The van der Waals surface area contributed by atoms with E-state index in [2.05, 4.69) is 26.1 Å². The van der Waals surface area contributed by atoms with E-state index < -0.39 is 6.09 Å². The highest BCUT2D eigenvalue weighted by molar-refractivity contribution is 5.65. The molecule has 2 aliphatic rings. The molecular formula is C11H20N2O2. The molecule has 15 heavy (non-hydrogen) atoms. The van der Waals surface area contributed by atoms with Gasteiger partial charge in [-0.1, -0.05) is 20.8 Å². The van der Waals surface area contributed by atoms with E-state index in [4.69, 9.17) is 5.11 Å². The van der Waals surface area contributed by atoms with Crippen LogP contribution in [0.4, 0.5) is 4.79 Å². The molecule has 4 nitrogen and oxygen atoms in total. The van der Waals surface area contributed by atoms with Crippen LogP contribution in [-0.2, 0) is 0 Å². The summed E-state index contributed by atoms with van der Waals surface area (Å²) < 4.78 is 0. The fourth-order valence-electron chi connectivity index (χ4n) is 3.02. The lowest BCUT2D eigenvalue weighted by Crippen LogP contribution is -2.42. The lowest BCUT2D eigenvalue weighted by molar-refractivity contribution is 0.147. The number of nitrogens with zero attached hydrogens (tertiary/aromatic N) is 1. The summed E-state index contributed by atoms with van der Waals surface area (Å²) in [5.74, 6) is 1.02. The molecule has 2 rings (SSSR count). The zero-order valence-corrected chi connectivity index (χ0v) is 9.66. The van der Waals surface area contributed by atoms with Gasteiger partial charge in [0.15, 0.2) is 0 Å². The number of carboxylic acid groups (broad SMARTS) is 1. The number of fused-ring (bicyclic) bond motifs is 1. The molecular weight excluding hydrogens is 192 g/mol. The molecule has 0 aliphatic carbocycles. The second-order valence-electron chi connectivity index (χ2n) is 5.86. The molecule has 3 atom stereocenters. The van der Waals surface area contributed by atoms with E-state index in [9.17, 15) is 4.79 Å². The van der Waals surface area contributed by atoms with Crippen LogP contribution in [0.5, 0.6) is 0 Å². The summed E-state index contributed by atoms with van der Waals surface area (Å²) in [4.78, 5) is 12.5. The fourth-order valence-corrected chi connectivity index (χ4v) is 3.02. The number of hydrogen-bond acceptors (Lipinski definition) is 2. The zero-order valence-electron chi connectivity index (χ0n) is 9.66. The van der Waals surface area contributed by atoms with Crippen LogP contribution in [0, 0.1) is 17.3 Å². The third kappa shape index (κ3) is 1.83. The largest absolute Gasteiger partial charge is 0.465 e. The smallest absolute Gasteiger partial charge is 0.407 e. The summed E-state index contributed by atoms with van der Waals surface area (Å²) in [6.45, 7) is 9.04. The molecule has 2 fully saturated rings. The molecule has 2 N–H and O–H groups in total. The van der Waals surface area contributed by atoms with Gasteiger partial charge in [-0.15, -0.1) is 0 Å². The maximum absolute atomic E-state index is 10.9. The second kappa shape index (κ2) is 3.37. The highest BCUT2D eigenvalue weighted by Crippen LogP contribution is 2.38. The molecule has 0 saturated carbocycles. The van der Waals surface area contributed by atoms with Gasteiger partial charge in [-0.2, -0.15) is 0 Å². The van der Waals surface area contributed by atoms with Gasteiger partial charge in [0.25, 0.3) is 0 Å². The lowest BCUT2D eigenvalue weighted by Gasteiger charge is -2.32. The van der Waals surface area contributed by atoms with Crippen molar-refractivity contribution in [1.29, 1.82) is 0 Å². The highest BCUT2D eigenvalue weighted by Gasteiger charge is 2.47. The maximum atomic E-state index is 10.9. The van der Waals surface area contributed by atoms with Gasteiger partial charge in [-0.05, 0) is 17.3 Å².